The maximum atomic E-state index is 12.4. The van der Waals surface area contributed by atoms with Gasteiger partial charge in [0.05, 0.1) is 28.8 Å². The number of para-hydroxylation sites is 1. The summed E-state index contributed by atoms with van der Waals surface area (Å²) in [5, 5.41) is 13.0. The SMILES string of the molecule is CCn1c(SCC(=O)Nc2cccc3cccnc23)nnc1-c1ccoc1. The normalized spacial score (nSPS) is 11.0. The Labute approximate surface area is 159 Å². The summed E-state index contributed by atoms with van der Waals surface area (Å²) in [6.07, 6.45) is 4.95. The van der Waals surface area contributed by atoms with E-state index in [0.29, 0.717) is 17.4 Å². The van der Waals surface area contributed by atoms with Gasteiger partial charge in [0.1, 0.15) is 6.26 Å². The van der Waals surface area contributed by atoms with Crippen LogP contribution in [0.2, 0.25) is 0 Å². The fourth-order valence-electron chi connectivity index (χ4n) is 2.81. The molecule has 0 atom stereocenters. The van der Waals surface area contributed by atoms with E-state index in [-0.39, 0.29) is 11.7 Å². The molecule has 4 rings (SSSR count). The first-order chi connectivity index (χ1) is 13.3. The van der Waals surface area contributed by atoms with Gasteiger partial charge in [-0.05, 0) is 25.1 Å². The summed E-state index contributed by atoms with van der Waals surface area (Å²) in [6, 6.07) is 11.4. The first kappa shape index (κ1) is 17.3. The number of aromatic nitrogens is 4. The van der Waals surface area contributed by atoms with Crippen LogP contribution in [0, 0.1) is 0 Å². The lowest BCUT2D eigenvalue weighted by molar-refractivity contribution is -0.113. The Morgan fingerprint density at radius 1 is 1.22 bits per heavy atom. The number of pyridine rings is 1. The van der Waals surface area contributed by atoms with Crippen LogP contribution in [0.15, 0.2) is 64.7 Å². The maximum absolute atomic E-state index is 12.4. The second-order valence-electron chi connectivity index (χ2n) is 5.78. The molecular formula is C19H17N5O2S. The smallest absolute Gasteiger partial charge is 0.234 e. The first-order valence-corrected chi connectivity index (χ1v) is 9.47. The largest absolute Gasteiger partial charge is 0.472 e. The highest BCUT2D eigenvalue weighted by Gasteiger charge is 2.15. The summed E-state index contributed by atoms with van der Waals surface area (Å²) in [5.41, 5.74) is 2.34. The molecule has 3 heterocycles. The predicted octanol–water partition coefficient (Wildman–Crippen LogP) is 3.84. The van der Waals surface area contributed by atoms with E-state index < -0.39 is 0 Å². The van der Waals surface area contributed by atoms with Crippen molar-refractivity contribution in [2.75, 3.05) is 11.1 Å². The summed E-state index contributed by atoms with van der Waals surface area (Å²) in [6.45, 7) is 2.71. The average molecular weight is 379 g/mol. The highest BCUT2D eigenvalue weighted by atomic mass is 32.2. The number of carbonyl (C=O) groups excluding carboxylic acids is 1. The van der Waals surface area contributed by atoms with Crippen molar-refractivity contribution in [3.8, 4) is 11.4 Å². The first-order valence-electron chi connectivity index (χ1n) is 8.48. The molecule has 0 aliphatic carbocycles. The Morgan fingerprint density at radius 2 is 2.11 bits per heavy atom. The molecule has 1 N–H and O–H groups in total. The van der Waals surface area contributed by atoms with E-state index in [2.05, 4.69) is 20.5 Å². The fraction of sp³-hybridized carbons (Fsp3) is 0.158. The van der Waals surface area contributed by atoms with Gasteiger partial charge in [-0.15, -0.1) is 10.2 Å². The van der Waals surface area contributed by atoms with Crippen molar-refractivity contribution in [1.29, 1.82) is 0 Å². The Bertz CT molecular complexity index is 1070. The summed E-state index contributed by atoms with van der Waals surface area (Å²) >= 11 is 1.35. The van der Waals surface area contributed by atoms with Crippen molar-refractivity contribution in [1.82, 2.24) is 19.7 Å². The standard InChI is InChI=1S/C19H17N5O2S/c1-2-24-18(14-8-10-26-11-14)22-23-19(24)27-12-16(25)21-15-7-3-5-13-6-4-9-20-17(13)15/h3-11H,2,12H2,1H3,(H,21,25). The van der Waals surface area contributed by atoms with Crippen LogP contribution >= 0.6 is 11.8 Å². The van der Waals surface area contributed by atoms with E-state index in [9.17, 15) is 4.79 Å². The van der Waals surface area contributed by atoms with Crippen LogP contribution in [0.5, 0.6) is 0 Å². The van der Waals surface area contributed by atoms with Gasteiger partial charge in [-0.25, -0.2) is 0 Å². The molecule has 27 heavy (non-hydrogen) atoms. The molecule has 0 bridgehead atoms. The van der Waals surface area contributed by atoms with Crippen LogP contribution in [0.4, 0.5) is 5.69 Å². The van der Waals surface area contributed by atoms with E-state index >= 15 is 0 Å². The monoisotopic (exact) mass is 379 g/mol. The number of thioether (sulfide) groups is 1. The lowest BCUT2D eigenvalue weighted by Crippen LogP contribution is -2.15. The molecule has 3 aromatic heterocycles. The minimum Gasteiger partial charge on any atom is -0.472 e. The van der Waals surface area contributed by atoms with Gasteiger partial charge in [0.2, 0.25) is 5.91 Å². The summed E-state index contributed by atoms with van der Waals surface area (Å²) in [7, 11) is 0. The molecule has 8 heteroatoms. The number of fused-ring (bicyclic) bond motifs is 1. The van der Waals surface area contributed by atoms with Crippen LogP contribution < -0.4 is 5.32 Å². The Hall–Kier alpha value is -3.13. The average Bonchev–Trinajstić information content (AvgIpc) is 3.36. The number of rotatable bonds is 6. The molecule has 4 aromatic rings. The van der Waals surface area contributed by atoms with Gasteiger partial charge >= 0.3 is 0 Å². The minimum absolute atomic E-state index is 0.117. The highest BCUT2D eigenvalue weighted by molar-refractivity contribution is 7.99. The third kappa shape index (κ3) is 3.56. The third-order valence-electron chi connectivity index (χ3n) is 4.05. The molecule has 0 aliphatic rings. The third-order valence-corrected chi connectivity index (χ3v) is 5.02. The molecule has 7 nitrogen and oxygen atoms in total. The van der Waals surface area contributed by atoms with Crippen molar-refractivity contribution in [2.24, 2.45) is 0 Å². The quantitative estimate of drug-likeness (QED) is 0.512. The van der Waals surface area contributed by atoms with E-state index in [4.69, 9.17) is 4.42 Å². The molecule has 0 saturated heterocycles. The van der Waals surface area contributed by atoms with Crippen LogP contribution in [-0.4, -0.2) is 31.4 Å². The number of anilines is 1. The molecular weight excluding hydrogens is 362 g/mol. The zero-order valence-corrected chi connectivity index (χ0v) is 15.4. The second kappa shape index (κ2) is 7.63. The van der Waals surface area contributed by atoms with Crippen molar-refractivity contribution in [3.63, 3.8) is 0 Å². The number of carbonyl (C=O) groups is 1. The fourth-order valence-corrected chi connectivity index (χ4v) is 3.61. The Balaban J connectivity index is 1.47. The summed E-state index contributed by atoms with van der Waals surface area (Å²) < 4.78 is 7.08. The summed E-state index contributed by atoms with van der Waals surface area (Å²) in [5.74, 6) is 0.841. The van der Waals surface area contributed by atoms with E-state index in [0.717, 1.165) is 22.3 Å². The maximum Gasteiger partial charge on any atom is 0.234 e. The van der Waals surface area contributed by atoms with Gasteiger partial charge in [-0.3, -0.25) is 9.78 Å². The molecule has 0 spiro atoms. The number of benzene rings is 1. The number of nitrogens with one attached hydrogen (secondary N) is 1. The number of nitrogens with zero attached hydrogens (tertiary/aromatic N) is 4. The second-order valence-corrected chi connectivity index (χ2v) is 6.72. The van der Waals surface area contributed by atoms with Crippen LogP contribution in [0.3, 0.4) is 0 Å². The van der Waals surface area contributed by atoms with Crippen LogP contribution in [0.1, 0.15) is 6.92 Å². The van der Waals surface area contributed by atoms with Gasteiger partial charge in [0, 0.05) is 18.1 Å². The molecule has 136 valence electrons. The molecule has 0 saturated carbocycles. The molecule has 0 aliphatic heterocycles. The molecule has 0 radical (unpaired) electrons. The Kier molecular flexibility index (Phi) is 4.88. The van der Waals surface area contributed by atoms with Gasteiger partial charge < -0.3 is 14.3 Å². The minimum atomic E-state index is -0.117. The van der Waals surface area contributed by atoms with Gasteiger partial charge in [-0.2, -0.15) is 0 Å². The van der Waals surface area contributed by atoms with Crippen molar-refractivity contribution < 1.29 is 9.21 Å². The topological polar surface area (TPSA) is 85.8 Å². The molecule has 1 aromatic carbocycles. The van der Waals surface area contributed by atoms with E-state index in [1.807, 2.05) is 47.9 Å². The number of amides is 1. The van der Waals surface area contributed by atoms with E-state index in [1.165, 1.54) is 11.8 Å². The van der Waals surface area contributed by atoms with Gasteiger partial charge in [0.25, 0.3) is 0 Å². The predicted molar refractivity (Wildman–Crippen MR) is 104 cm³/mol. The van der Waals surface area contributed by atoms with Crippen LogP contribution in [0.25, 0.3) is 22.3 Å². The lowest BCUT2D eigenvalue weighted by Gasteiger charge is -2.08. The molecule has 1 amide bonds. The van der Waals surface area contributed by atoms with Crippen molar-refractivity contribution in [2.45, 2.75) is 18.6 Å². The molecule has 0 unspecified atom stereocenters. The number of furan rings is 1. The van der Waals surface area contributed by atoms with E-state index in [1.54, 1.807) is 18.7 Å². The van der Waals surface area contributed by atoms with Gasteiger partial charge in [-0.1, -0.05) is 30.0 Å². The molecule has 0 fully saturated rings. The number of hydrogen-bond acceptors (Lipinski definition) is 6. The van der Waals surface area contributed by atoms with Gasteiger partial charge in [0.15, 0.2) is 11.0 Å². The zero-order valence-electron chi connectivity index (χ0n) is 14.6. The summed E-state index contributed by atoms with van der Waals surface area (Å²) in [4.78, 5) is 16.8. The Morgan fingerprint density at radius 3 is 2.93 bits per heavy atom. The van der Waals surface area contributed by atoms with Crippen molar-refractivity contribution >= 4 is 34.3 Å². The van der Waals surface area contributed by atoms with Crippen molar-refractivity contribution in [3.05, 3.63) is 55.1 Å². The lowest BCUT2D eigenvalue weighted by atomic mass is 10.2. The van der Waals surface area contributed by atoms with Crippen LogP contribution in [-0.2, 0) is 11.3 Å². The zero-order chi connectivity index (χ0) is 18.6. The highest BCUT2D eigenvalue weighted by Crippen LogP contribution is 2.25. The number of hydrogen-bond donors (Lipinski definition) is 1.